The number of benzene rings is 1. The summed E-state index contributed by atoms with van der Waals surface area (Å²) >= 11 is 7.24. The zero-order chi connectivity index (χ0) is 14.8. The lowest BCUT2D eigenvalue weighted by atomic mass is 10.00. The number of nitrogens with zero attached hydrogens (tertiary/aromatic N) is 2. The van der Waals surface area contributed by atoms with Crippen LogP contribution in [-0.2, 0) is 6.54 Å². The van der Waals surface area contributed by atoms with Crippen molar-refractivity contribution in [3.05, 3.63) is 51.7 Å². The molecular formula is C15H17ClFN3S. The molecule has 0 aliphatic carbocycles. The Morgan fingerprint density at radius 2 is 2.33 bits per heavy atom. The summed E-state index contributed by atoms with van der Waals surface area (Å²) in [4.78, 5) is 2.25. The van der Waals surface area contributed by atoms with Gasteiger partial charge in [-0.05, 0) is 48.8 Å². The molecule has 3 rings (SSSR count). The van der Waals surface area contributed by atoms with Gasteiger partial charge in [-0.25, -0.2) is 4.39 Å². The van der Waals surface area contributed by atoms with E-state index in [0.717, 1.165) is 30.8 Å². The fourth-order valence-electron chi connectivity index (χ4n) is 2.91. The quantitative estimate of drug-likeness (QED) is 0.933. The van der Waals surface area contributed by atoms with E-state index < -0.39 is 0 Å². The predicted octanol–water partition coefficient (Wildman–Crippen LogP) is 3.47. The molecule has 21 heavy (non-hydrogen) atoms. The largest absolute Gasteiger partial charge is 0.306 e. The molecule has 1 aromatic carbocycles. The smallest absolute Gasteiger partial charge is 0.142 e. The number of hydrogen-bond acceptors (Lipinski definition) is 4. The second kappa shape index (κ2) is 6.40. The molecule has 1 fully saturated rings. The molecule has 0 amide bonds. The van der Waals surface area contributed by atoms with Gasteiger partial charge in [-0.15, -0.1) is 0 Å². The molecule has 2 aromatic rings. The van der Waals surface area contributed by atoms with Crippen LogP contribution in [0.2, 0.25) is 5.02 Å². The maximum atomic E-state index is 13.7. The van der Waals surface area contributed by atoms with Crippen LogP contribution in [0.15, 0.2) is 29.6 Å². The van der Waals surface area contributed by atoms with E-state index in [4.69, 9.17) is 11.6 Å². The minimum Gasteiger partial charge on any atom is -0.306 e. The van der Waals surface area contributed by atoms with Crippen LogP contribution in [0.5, 0.6) is 0 Å². The molecule has 1 saturated heterocycles. The minimum absolute atomic E-state index is 0.162. The van der Waals surface area contributed by atoms with Crippen LogP contribution in [0.25, 0.3) is 0 Å². The van der Waals surface area contributed by atoms with E-state index in [9.17, 15) is 4.39 Å². The first-order valence-electron chi connectivity index (χ1n) is 6.93. The van der Waals surface area contributed by atoms with Gasteiger partial charge in [0.05, 0.1) is 10.7 Å². The topological polar surface area (TPSA) is 28.2 Å². The lowest BCUT2D eigenvalue weighted by molar-refractivity contribution is 0.285. The van der Waals surface area contributed by atoms with Gasteiger partial charge in [-0.3, -0.25) is 4.90 Å². The number of rotatable bonds is 4. The molecule has 2 heterocycles. The molecule has 0 bridgehead atoms. The highest BCUT2D eigenvalue weighted by molar-refractivity contribution is 7.03. The van der Waals surface area contributed by atoms with Crippen molar-refractivity contribution in [2.24, 2.45) is 0 Å². The summed E-state index contributed by atoms with van der Waals surface area (Å²) in [6.45, 7) is 1.73. The number of likely N-dealkylation sites (N-methyl/N-ethyl adjacent to an activating group) is 1. The van der Waals surface area contributed by atoms with Gasteiger partial charge in [0.15, 0.2) is 0 Å². The van der Waals surface area contributed by atoms with Crippen molar-refractivity contribution in [1.29, 1.82) is 0 Å². The molecule has 112 valence electrons. The average Bonchev–Trinajstić information content (AvgIpc) is 3.09. The van der Waals surface area contributed by atoms with Crippen LogP contribution < -0.4 is 5.32 Å². The third-order valence-electron chi connectivity index (χ3n) is 3.97. The first-order chi connectivity index (χ1) is 10.1. The van der Waals surface area contributed by atoms with Gasteiger partial charge in [0.1, 0.15) is 5.82 Å². The second-order valence-electron chi connectivity index (χ2n) is 5.37. The highest BCUT2D eigenvalue weighted by Gasteiger charge is 2.33. The van der Waals surface area contributed by atoms with Crippen LogP contribution >= 0.6 is 23.1 Å². The van der Waals surface area contributed by atoms with Crippen LogP contribution in [0.3, 0.4) is 0 Å². The number of aromatic nitrogens is 1. The molecule has 1 aliphatic rings. The lowest BCUT2D eigenvalue weighted by Gasteiger charge is -2.26. The third kappa shape index (κ3) is 3.26. The van der Waals surface area contributed by atoms with Crippen LogP contribution in [0.4, 0.5) is 4.39 Å². The zero-order valence-electron chi connectivity index (χ0n) is 11.7. The Kier molecular flexibility index (Phi) is 4.54. The number of nitrogens with one attached hydrogen (secondary N) is 1. The van der Waals surface area contributed by atoms with Gasteiger partial charge in [0.2, 0.25) is 0 Å². The molecule has 1 aromatic heterocycles. The van der Waals surface area contributed by atoms with Crippen molar-refractivity contribution >= 4 is 23.1 Å². The first kappa shape index (κ1) is 14.9. The zero-order valence-corrected chi connectivity index (χ0v) is 13.3. The summed E-state index contributed by atoms with van der Waals surface area (Å²) in [6.07, 6.45) is 1.04. The van der Waals surface area contributed by atoms with E-state index >= 15 is 0 Å². The van der Waals surface area contributed by atoms with E-state index in [2.05, 4.69) is 21.6 Å². The van der Waals surface area contributed by atoms with Crippen molar-refractivity contribution in [1.82, 2.24) is 14.6 Å². The van der Waals surface area contributed by atoms with Crippen molar-refractivity contribution < 1.29 is 4.39 Å². The first-order valence-corrected chi connectivity index (χ1v) is 8.14. The molecule has 6 heteroatoms. The maximum Gasteiger partial charge on any atom is 0.142 e. The third-order valence-corrected chi connectivity index (χ3v) is 4.87. The van der Waals surface area contributed by atoms with Gasteiger partial charge in [-0.2, -0.15) is 4.37 Å². The van der Waals surface area contributed by atoms with Gasteiger partial charge < -0.3 is 5.32 Å². The maximum absolute atomic E-state index is 13.7. The Morgan fingerprint density at radius 3 is 3.05 bits per heavy atom. The molecule has 0 radical (unpaired) electrons. The molecular weight excluding hydrogens is 309 g/mol. The molecule has 0 spiro atoms. The second-order valence-corrected chi connectivity index (χ2v) is 6.44. The van der Waals surface area contributed by atoms with E-state index in [0.29, 0.717) is 0 Å². The summed E-state index contributed by atoms with van der Waals surface area (Å²) in [5, 5.41) is 5.69. The normalized spacial score (nSPS) is 22.8. The molecule has 0 unspecified atom stereocenters. The van der Waals surface area contributed by atoms with Gasteiger partial charge in [0.25, 0.3) is 0 Å². The Morgan fingerprint density at radius 1 is 1.48 bits per heavy atom. The van der Waals surface area contributed by atoms with E-state index in [-0.39, 0.29) is 22.9 Å². The van der Waals surface area contributed by atoms with Crippen LogP contribution in [-0.4, -0.2) is 28.9 Å². The highest BCUT2D eigenvalue weighted by Crippen LogP contribution is 2.32. The van der Waals surface area contributed by atoms with Crippen molar-refractivity contribution in [3.63, 3.8) is 0 Å². The molecule has 3 nitrogen and oxygen atoms in total. The summed E-state index contributed by atoms with van der Waals surface area (Å²) in [5.74, 6) is -0.354. The van der Waals surface area contributed by atoms with Gasteiger partial charge in [0, 0.05) is 30.6 Å². The number of hydrogen-bond donors (Lipinski definition) is 1. The summed E-state index contributed by atoms with van der Waals surface area (Å²) < 4.78 is 18.0. The average molecular weight is 326 g/mol. The van der Waals surface area contributed by atoms with Crippen LogP contribution in [0.1, 0.15) is 23.7 Å². The summed E-state index contributed by atoms with van der Waals surface area (Å²) in [7, 11) is 2.07. The summed E-state index contributed by atoms with van der Waals surface area (Å²) in [5.41, 5.74) is 2.02. The fraction of sp³-hybridized carbons (Fsp3) is 0.400. The Labute approximate surface area is 132 Å². The molecule has 2 atom stereocenters. The SMILES string of the molecule is CN1CC[C@@H](NCc2ccsn2)[C@@H]1c1ccc(Cl)c(F)c1. The Balaban J connectivity index is 1.75. The van der Waals surface area contributed by atoms with E-state index in [1.807, 2.05) is 17.5 Å². The lowest BCUT2D eigenvalue weighted by Crippen LogP contribution is -2.34. The van der Waals surface area contributed by atoms with E-state index in [1.165, 1.54) is 11.5 Å². The van der Waals surface area contributed by atoms with Crippen molar-refractivity contribution in [2.45, 2.75) is 25.0 Å². The molecule has 0 saturated carbocycles. The standard InChI is InChI=1S/C15H17ClFN3S/c1-20-6-4-14(18-9-11-5-7-21-19-11)15(20)10-2-3-12(16)13(17)8-10/h2-3,5,7-8,14-15,18H,4,6,9H2,1H3/t14-,15+/m1/s1. The van der Waals surface area contributed by atoms with Gasteiger partial charge >= 0.3 is 0 Å². The minimum atomic E-state index is -0.354. The van der Waals surface area contributed by atoms with E-state index in [1.54, 1.807) is 12.1 Å². The summed E-state index contributed by atoms with van der Waals surface area (Å²) in [6, 6.07) is 7.57. The van der Waals surface area contributed by atoms with Crippen molar-refractivity contribution in [2.75, 3.05) is 13.6 Å². The highest BCUT2D eigenvalue weighted by atomic mass is 35.5. The Bertz CT molecular complexity index is 605. The number of halogens is 2. The molecule has 1 N–H and O–H groups in total. The number of likely N-dealkylation sites (tertiary alicyclic amines) is 1. The molecule has 1 aliphatic heterocycles. The predicted molar refractivity (Wildman–Crippen MR) is 84.1 cm³/mol. The van der Waals surface area contributed by atoms with Crippen molar-refractivity contribution in [3.8, 4) is 0 Å². The fourth-order valence-corrected chi connectivity index (χ4v) is 3.57. The van der Waals surface area contributed by atoms with Gasteiger partial charge in [-0.1, -0.05) is 17.7 Å². The monoisotopic (exact) mass is 325 g/mol. The van der Waals surface area contributed by atoms with Crippen LogP contribution in [0, 0.1) is 5.82 Å². The Hall–Kier alpha value is -1.01.